The predicted molar refractivity (Wildman–Crippen MR) is 137 cm³/mol. The van der Waals surface area contributed by atoms with Gasteiger partial charge in [-0.3, -0.25) is 4.79 Å². The van der Waals surface area contributed by atoms with Gasteiger partial charge in [0.2, 0.25) is 5.95 Å². The third-order valence-electron chi connectivity index (χ3n) is 6.82. The SMILES string of the molecule is CC1CC(C)CC(n2c(Nc3ccc(C(C)C)cc3)nc3cc(OCCCC(=O)O)ccc32)C1. The van der Waals surface area contributed by atoms with Crippen molar-refractivity contribution in [3.8, 4) is 5.75 Å². The fourth-order valence-electron chi connectivity index (χ4n) is 5.24. The molecule has 34 heavy (non-hydrogen) atoms. The van der Waals surface area contributed by atoms with Crippen LogP contribution >= 0.6 is 0 Å². The van der Waals surface area contributed by atoms with E-state index in [1.54, 1.807) is 0 Å². The van der Waals surface area contributed by atoms with Crippen LogP contribution in [-0.2, 0) is 4.79 Å². The van der Waals surface area contributed by atoms with Gasteiger partial charge in [0.15, 0.2) is 0 Å². The molecule has 0 spiro atoms. The Kier molecular flexibility index (Phi) is 7.44. The molecule has 2 N–H and O–H groups in total. The summed E-state index contributed by atoms with van der Waals surface area (Å²) in [6.07, 6.45) is 4.16. The lowest BCUT2D eigenvalue weighted by molar-refractivity contribution is -0.137. The lowest BCUT2D eigenvalue weighted by atomic mass is 9.80. The van der Waals surface area contributed by atoms with Crippen molar-refractivity contribution >= 4 is 28.6 Å². The Hall–Kier alpha value is -3.02. The monoisotopic (exact) mass is 463 g/mol. The van der Waals surface area contributed by atoms with E-state index in [-0.39, 0.29) is 6.42 Å². The average Bonchev–Trinajstić information content (AvgIpc) is 3.13. The fraction of sp³-hybridized carbons (Fsp3) is 0.500. The summed E-state index contributed by atoms with van der Waals surface area (Å²) in [6.45, 7) is 9.48. The van der Waals surface area contributed by atoms with Gasteiger partial charge in [-0.2, -0.15) is 0 Å². The number of fused-ring (bicyclic) bond motifs is 1. The van der Waals surface area contributed by atoms with Crippen molar-refractivity contribution in [2.45, 2.75) is 71.8 Å². The van der Waals surface area contributed by atoms with Crippen molar-refractivity contribution in [3.05, 3.63) is 48.0 Å². The minimum atomic E-state index is -0.800. The molecule has 0 amide bonds. The summed E-state index contributed by atoms with van der Waals surface area (Å²) in [7, 11) is 0. The zero-order valence-corrected chi connectivity index (χ0v) is 20.8. The molecule has 182 valence electrons. The molecule has 1 aliphatic rings. The summed E-state index contributed by atoms with van der Waals surface area (Å²) in [5, 5.41) is 12.4. The summed E-state index contributed by atoms with van der Waals surface area (Å²) in [4.78, 5) is 15.7. The molecule has 3 aromatic rings. The normalized spacial score (nSPS) is 20.6. The van der Waals surface area contributed by atoms with E-state index in [0.717, 1.165) is 41.3 Å². The molecule has 0 saturated heterocycles. The first-order valence-electron chi connectivity index (χ1n) is 12.5. The minimum absolute atomic E-state index is 0.110. The zero-order valence-electron chi connectivity index (χ0n) is 20.8. The number of imidazole rings is 1. The van der Waals surface area contributed by atoms with Crippen LogP contribution in [0.15, 0.2) is 42.5 Å². The van der Waals surface area contributed by atoms with Gasteiger partial charge in [0.1, 0.15) is 5.75 Å². The Bertz CT molecular complexity index is 1110. The van der Waals surface area contributed by atoms with Gasteiger partial charge in [0.25, 0.3) is 0 Å². The number of carboxylic acids is 1. The van der Waals surface area contributed by atoms with E-state index in [9.17, 15) is 4.79 Å². The maximum Gasteiger partial charge on any atom is 0.303 e. The highest BCUT2D eigenvalue weighted by atomic mass is 16.5. The fourth-order valence-corrected chi connectivity index (χ4v) is 5.24. The number of aromatic nitrogens is 2. The molecule has 0 aliphatic heterocycles. The van der Waals surface area contributed by atoms with Gasteiger partial charge >= 0.3 is 5.97 Å². The van der Waals surface area contributed by atoms with Gasteiger partial charge in [0.05, 0.1) is 17.6 Å². The van der Waals surface area contributed by atoms with E-state index in [1.807, 2.05) is 12.1 Å². The summed E-state index contributed by atoms with van der Waals surface area (Å²) in [5.74, 6) is 2.65. The largest absolute Gasteiger partial charge is 0.494 e. The van der Waals surface area contributed by atoms with E-state index in [1.165, 1.54) is 12.0 Å². The Morgan fingerprint density at radius 1 is 1.12 bits per heavy atom. The van der Waals surface area contributed by atoms with Crippen LogP contribution in [0, 0.1) is 11.8 Å². The number of hydrogen-bond acceptors (Lipinski definition) is 4. The summed E-state index contributed by atoms with van der Waals surface area (Å²) in [5.41, 5.74) is 4.34. The third-order valence-corrected chi connectivity index (χ3v) is 6.82. The Morgan fingerprint density at radius 2 is 1.82 bits per heavy atom. The number of nitrogens with zero attached hydrogens (tertiary/aromatic N) is 2. The second-order valence-electron chi connectivity index (χ2n) is 10.3. The van der Waals surface area contributed by atoms with Crippen LogP contribution in [0.3, 0.4) is 0 Å². The number of hydrogen-bond donors (Lipinski definition) is 2. The number of aliphatic carboxylic acids is 1. The first-order chi connectivity index (χ1) is 16.3. The number of rotatable bonds is 9. The molecule has 6 nitrogen and oxygen atoms in total. The maximum atomic E-state index is 10.7. The minimum Gasteiger partial charge on any atom is -0.494 e. The van der Waals surface area contributed by atoms with E-state index in [2.05, 4.69) is 67.9 Å². The van der Waals surface area contributed by atoms with Crippen LogP contribution in [0.4, 0.5) is 11.6 Å². The number of carbonyl (C=O) groups is 1. The zero-order chi connectivity index (χ0) is 24.2. The van der Waals surface area contributed by atoms with E-state index < -0.39 is 5.97 Å². The van der Waals surface area contributed by atoms with Crippen molar-refractivity contribution in [3.63, 3.8) is 0 Å². The molecule has 0 radical (unpaired) electrons. The lowest BCUT2D eigenvalue weighted by Gasteiger charge is -2.33. The average molecular weight is 464 g/mol. The van der Waals surface area contributed by atoms with Gasteiger partial charge in [0, 0.05) is 24.2 Å². The molecule has 1 fully saturated rings. The molecule has 4 rings (SSSR count). The molecule has 0 bridgehead atoms. The van der Waals surface area contributed by atoms with Crippen molar-refractivity contribution in [2.24, 2.45) is 11.8 Å². The predicted octanol–water partition coefficient (Wildman–Crippen LogP) is 7.14. The van der Waals surface area contributed by atoms with E-state index in [4.69, 9.17) is 14.8 Å². The number of nitrogens with one attached hydrogen (secondary N) is 1. The molecule has 2 unspecified atom stereocenters. The van der Waals surface area contributed by atoms with Gasteiger partial charge in [-0.05, 0) is 73.3 Å². The summed E-state index contributed by atoms with van der Waals surface area (Å²) in [6, 6.07) is 15.0. The highest BCUT2D eigenvalue weighted by molar-refractivity contribution is 5.81. The van der Waals surface area contributed by atoms with Crippen molar-refractivity contribution in [1.29, 1.82) is 0 Å². The molecular formula is C28H37N3O3. The molecule has 1 saturated carbocycles. The van der Waals surface area contributed by atoms with Crippen LogP contribution in [0.5, 0.6) is 5.75 Å². The van der Waals surface area contributed by atoms with Gasteiger partial charge in [-0.1, -0.05) is 39.8 Å². The lowest BCUT2D eigenvalue weighted by Crippen LogP contribution is -2.23. The van der Waals surface area contributed by atoms with Crippen molar-refractivity contribution in [2.75, 3.05) is 11.9 Å². The number of ether oxygens (including phenoxy) is 1. The standard InChI is InChI=1S/C28H37N3O3/c1-18(2)21-7-9-22(10-8-21)29-28-30-25-17-24(34-13-5-6-27(32)33)11-12-26(25)31(28)23-15-19(3)14-20(4)16-23/h7-12,17-20,23H,5-6,13-16H2,1-4H3,(H,29,30)(H,32,33). The Morgan fingerprint density at radius 3 is 2.47 bits per heavy atom. The van der Waals surface area contributed by atoms with Gasteiger partial charge in [-0.25, -0.2) is 4.98 Å². The molecular weight excluding hydrogens is 426 g/mol. The van der Waals surface area contributed by atoms with Gasteiger partial charge in [-0.15, -0.1) is 0 Å². The second-order valence-corrected chi connectivity index (χ2v) is 10.3. The molecule has 2 aromatic carbocycles. The third kappa shape index (κ3) is 5.72. The first kappa shape index (κ1) is 24.1. The highest BCUT2D eigenvalue weighted by Gasteiger charge is 2.28. The van der Waals surface area contributed by atoms with Crippen LogP contribution in [0.25, 0.3) is 11.0 Å². The highest BCUT2D eigenvalue weighted by Crippen LogP contribution is 2.40. The maximum absolute atomic E-state index is 10.7. The Balaban J connectivity index is 1.64. The quantitative estimate of drug-likeness (QED) is 0.330. The molecule has 1 aliphatic carbocycles. The van der Waals surface area contributed by atoms with Crippen LogP contribution < -0.4 is 10.1 Å². The molecule has 2 atom stereocenters. The molecule has 1 aromatic heterocycles. The number of carboxylic acid groups (broad SMARTS) is 1. The van der Waals surface area contributed by atoms with Crippen LogP contribution in [0.2, 0.25) is 0 Å². The summed E-state index contributed by atoms with van der Waals surface area (Å²) >= 11 is 0. The topological polar surface area (TPSA) is 76.4 Å². The van der Waals surface area contributed by atoms with Crippen molar-refractivity contribution in [1.82, 2.24) is 9.55 Å². The molecule has 6 heteroatoms. The van der Waals surface area contributed by atoms with Gasteiger partial charge < -0.3 is 19.7 Å². The smallest absolute Gasteiger partial charge is 0.303 e. The van der Waals surface area contributed by atoms with E-state index >= 15 is 0 Å². The van der Waals surface area contributed by atoms with E-state index in [0.29, 0.717) is 36.8 Å². The number of anilines is 2. The first-order valence-corrected chi connectivity index (χ1v) is 12.5. The Labute approximate surface area is 202 Å². The molecule has 1 heterocycles. The summed E-state index contributed by atoms with van der Waals surface area (Å²) < 4.78 is 8.20. The van der Waals surface area contributed by atoms with Crippen LogP contribution in [0.1, 0.15) is 77.3 Å². The van der Waals surface area contributed by atoms with Crippen molar-refractivity contribution < 1.29 is 14.6 Å². The number of benzene rings is 2. The second kappa shape index (κ2) is 10.5. The van der Waals surface area contributed by atoms with Crippen LogP contribution in [-0.4, -0.2) is 27.2 Å².